The first-order chi connectivity index (χ1) is 8.79. The highest BCUT2D eigenvalue weighted by molar-refractivity contribution is 5.83. The number of furan rings is 1. The van der Waals surface area contributed by atoms with Gasteiger partial charge >= 0.3 is 0 Å². The Labute approximate surface area is 104 Å². The summed E-state index contributed by atoms with van der Waals surface area (Å²) in [6.45, 7) is 2.03. The molecule has 0 saturated carbocycles. The van der Waals surface area contributed by atoms with Gasteiger partial charge in [-0.1, -0.05) is 25.1 Å². The van der Waals surface area contributed by atoms with E-state index in [1.165, 1.54) is 6.33 Å². The summed E-state index contributed by atoms with van der Waals surface area (Å²) in [6, 6.07) is 9.87. The van der Waals surface area contributed by atoms with Gasteiger partial charge in [-0.05, 0) is 18.6 Å². The van der Waals surface area contributed by atoms with Gasteiger partial charge in [0.1, 0.15) is 23.4 Å². The molecule has 3 rings (SSSR count). The SMILES string of the molecule is CCc1c(N)ncnc1-c1cc2ccccc2o1. The Morgan fingerprint density at radius 1 is 1.22 bits per heavy atom. The van der Waals surface area contributed by atoms with E-state index in [1.807, 2.05) is 37.3 Å². The smallest absolute Gasteiger partial charge is 0.154 e. The van der Waals surface area contributed by atoms with Crippen molar-refractivity contribution >= 4 is 16.8 Å². The monoisotopic (exact) mass is 239 g/mol. The summed E-state index contributed by atoms with van der Waals surface area (Å²) in [5.41, 5.74) is 8.43. The first-order valence-corrected chi connectivity index (χ1v) is 5.88. The minimum absolute atomic E-state index is 0.517. The fourth-order valence-corrected chi connectivity index (χ4v) is 2.09. The van der Waals surface area contributed by atoms with Gasteiger partial charge in [0.05, 0.1) is 0 Å². The topological polar surface area (TPSA) is 64.9 Å². The third-order valence-electron chi connectivity index (χ3n) is 2.99. The number of fused-ring (bicyclic) bond motifs is 1. The van der Waals surface area contributed by atoms with Gasteiger partial charge < -0.3 is 10.2 Å². The number of nitrogen functional groups attached to an aromatic ring is 1. The van der Waals surface area contributed by atoms with Crippen LogP contribution in [0.4, 0.5) is 5.82 Å². The summed E-state index contributed by atoms with van der Waals surface area (Å²) in [7, 11) is 0. The van der Waals surface area contributed by atoms with E-state index in [-0.39, 0.29) is 0 Å². The van der Waals surface area contributed by atoms with Crippen LogP contribution in [0.3, 0.4) is 0 Å². The Hall–Kier alpha value is -2.36. The first-order valence-electron chi connectivity index (χ1n) is 5.88. The summed E-state index contributed by atoms with van der Waals surface area (Å²) in [5, 5.41) is 1.06. The molecule has 4 heteroatoms. The maximum absolute atomic E-state index is 5.87. The van der Waals surface area contributed by atoms with Gasteiger partial charge in [-0.25, -0.2) is 9.97 Å². The van der Waals surface area contributed by atoms with E-state index in [0.717, 1.165) is 34.4 Å². The van der Waals surface area contributed by atoms with Crippen LogP contribution in [0, 0.1) is 0 Å². The van der Waals surface area contributed by atoms with Crippen molar-refractivity contribution in [3.8, 4) is 11.5 Å². The van der Waals surface area contributed by atoms with Crippen molar-refractivity contribution < 1.29 is 4.42 Å². The summed E-state index contributed by atoms with van der Waals surface area (Å²) >= 11 is 0. The molecule has 0 atom stereocenters. The Kier molecular flexibility index (Phi) is 2.48. The molecule has 4 nitrogen and oxygen atoms in total. The third kappa shape index (κ3) is 1.62. The molecule has 0 radical (unpaired) electrons. The van der Waals surface area contributed by atoms with Gasteiger partial charge in [0.15, 0.2) is 5.76 Å². The van der Waals surface area contributed by atoms with E-state index in [9.17, 15) is 0 Å². The lowest BCUT2D eigenvalue weighted by molar-refractivity contribution is 0.627. The summed E-state index contributed by atoms with van der Waals surface area (Å²) in [4.78, 5) is 8.31. The molecule has 0 spiro atoms. The maximum atomic E-state index is 5.87. The van der Waals surface area contributed by atoms with Gasteiger partial charge in [0.2, 0.25) is 0 Å². The van der Waals surface area contributed by atoms with Crippen LogP contribution in [0.1, 0.15) is 12.5 Å². The van der Waals surface area contributed by atoms with Gasteiger partial charge in [0.25, 0.3) is 0 Å². The average Bonchev–Trinajstić information content (AvgIpc) is 2.82. The molecule has 2 heterocycles. The zero-order valence-electron chi connectivity index (χ0n) is 10.1. The highest BCUT2D eigenvalue weighted by atomic mass is 16.3. The van der Waals surface area contributed by atoms with Gasteiger partial charge in [-0.2, -0.15) is 0 Å². The Morgan fingerprint density at radius 3 is 2.83 bits per heavy atom. The van der Waals surface area contributed by atoms with Crippen molar-refractivity contribution in [2.24, 2.45) is 0 Å². The molecule has 0 aliphatic rings. The van der Waals surface area contributed by atoms with Crippen LogP contribution >= 0.6 is 0 Å². The van der Waals surface area contributed by atoms with Crippen molar-refractivity contribution in [3.63, 3.8) is 0 Å². The zero-order valence-corrected chi connectivity index (χ0v) is 10.1. The van der Waals surface area contributed by atoms with E-state index in [1.54, 1.807) is 0 Å². The minimum Gasteiger partial charge on any atom is -0.454 e. The zero-order chi connectivity index (χ0) is 12.5. The van der Waals surface area contributed by atoms with Crippen LogP contribution in [-0.4, -0.2) is 9.97 Å². The average molecular weight is 239 g/mol. The standard InChI is InChI=1S/C14H13N3O/c1-2-10-13(16-8-17-14(10)15)12-7-9-5-3-4-6-11(9)18-12/h3-8H,2H2,1H3,(H2,15,16,17). The van der Waals surface area contributed by atoms with E-state index < -0.39 is 0 Å². The first kappa shape index (κ1) is 10.8. The molecule has 90 valence electrons. The number of para-hydroxylation sites is 1. The molecule has 3 aromatic rings. The molecule has 0 amide bonds. The number of nitrogens with zero attached hydrogens (tertiary/aromatic N) is 2. The molecule has 18 heavy (non-hydrogen) atoms. The summed E-state index contributed by atoms with van der Waals surface area (Å²) < 4.78 is 5.81. The summed E-state index contributed by atoms with van der Waals surface area (Å²) in [6.07, 6.45) is 2.25. The predicted octanol–water partition coefficient (Wildman–Crippen LogP) is 3.03. The van der Waals surface area contributed by atoms with Gasteiger partial charge in [0, 0.05) is 10.9 Å². The minimum atomic E-state index is 0.517. The molecule has 0 bridgehead atoms. The predicted molar refractivity (Wildman–Crippen MR) is 71.0 cm³/mol. The lowest BCUT2D eigenvalue weighted by Crippen LogP contribution is -2.00. The van der Waals surface area contributed by atoms with Crippen molar-refractivity contribution in [3.05, 3.63) is 42.2 Å². The third-order valence-corrected chi connectivity index (χ3v) is 2.99. The highest BCUT2D eigenvalue weighted by Gasteiger charge is 2.13. The van der Waals surface area contributed by atoms with E-state index in [4.69, 9.17) is 10.2 Å². The van der Waals surface area contributed by atoms with Crippen LogP contribution < -0.4 is 5.73 Å². The quantitative estimate of drug-likeness (QED) is 0.746. The number of benzene rings is 1. The second kappa shape index (κ2) is 4.14. The number of rotatable bonds is 2. The summed E-state index contributed by atoms with van der Waals surface area (Å²) in [5.74, 6) is 1.25. The lowest BCUT2D eigenvalue weighted by Gasteiger charge is -2.05. The normalized spacial score (nSPS) is 10.9. The molecule has 2 N–H and O–H groups in total. The second-order valence-corrected chi connectivity index (χ2v) is 4.09. The molecule has 0 aliphatic heterocycles. The van der Waals surface area contributed by atoms with E-state index in [0.29, 0.717) is 5.82 Å². The number of nitrogens with two attached hydrogens (primary N) is 1. The number of aromatic nitrogens is 2. The van der Waals surface area contributed by atoms with Gasteiger partial charge in [-0.3, -0.25) is 0 Å². The second-order valence-electron chi connectivity index (χ2n) is 4.09. The molecular weight excluding hydrogens is 226 g/mol. The number of anilines is 1. The Bertz CT molecular complexity index is 670. The Morgan fingerprint density at radius 2 is 2.06 bits per heavy atom. The Balaban J connectivity index is 2.23. The van der Waals surface area contributed by atoms with E-state index in [2.05, 4.69) is 9.97 Å². The fourth-order valence-electron chi connectivity index (χ4n) is 2.09. The van der Waals surface area contributed by atoms with Crippen LogP contribution in [-0.2, 0) is 6.42 Å². The highest BCUT2D eigenvalue weighted by Crippen LogP contribution is 2.30. The molecular formula is C14H13N3O. The molecule has 2 aromatic heterocycles. The van der Waals surface area contributed by atoms with Crippen molar-refractivity contribution in [1.82, 2.24) is 9.97 Å². The molecule has 0 unspecified atom stereocenters. The molecule has 0 aliphatic carbocycles. The molecule has 0 fully saturated rings. The molecule has 0 saturated heterocycles. The number of hydrogen-bond donors (Lipinski definition) is 1. The molecule has 1 aromatic carbocycles. The fraction of sp³-hybridized carbons (Fsp3) is 0.143. The number of hydrogen-bond acceptors (Lipinski definition) is 4. The van der Waals surface area contributed by atoms with Crippen molar-refractivity contribution in [1.29, 1.82) is 0 Å². The van der Waals surface area contributed by atoms with E-state index >= 15 is 0 Å². The van der Waals surface area contributed by atoms with Crippen LogP contribution in [0.2, 0.25) is 0 Å². The van der Waals surface area contributed by atoms with Crippen molar-refractivity contribution in [2.45, 2.75) is 13.3 Å². The van der Waals surface area contributed by atoms with Crippen LogP contribution in [0.25, 0.3) is 22.4 Å². The van der Waals surface area contributed by atoms with Crippen LogP contribution in [0.15, 0.2) is 41.1 Å². The van der Waals surface area contributed by atoms with Crippen LogP contribution in [0.5, 0.6) is 0 Å². The van der Waals surface area contributed by atoms with Gasteiger partial charge in [-0.15, -0.1) is 0 Å². The largest absolute Gasteiger partial charge is 0.454 e. The maximum Gasteiger partial charge on any atom is 0.154 e. The van der Waals surface area contributed by atoms with Crippen molar-refractivity contribution in [2.75, 3.05) is 5.73 Å². The lowest BCUT2D eigenvalue weighted by atomic mass is 10.1.